The van der Waals surface area contributed by atoms with Crippen molar-refractivity contribution in [1.82, 2.24) is 24.8 Å². The van der Waals surface area contributed by atoms with E-state index in [2.05, 4.69) is 20.7 Å². The largest absolute Gasteiger partial charge is 0.377 e. The lowest BCUT2D eigenvalue weighted by Crippen LogP contribution is -2.04. The van der Waals surface area contributed by atoms with E-state index in [0.29, 0.717) is 6.54 Å². The third kappa shape index (κ3) is 1.73. The molecule has 0 aliphatic rings. The van der Waals surface area contributed by atoms with E-state index in [1.165, 1.54) is 0 Å². The molecule has 0 unspecified atom stereocenters. The summed E-state index contributed by atoms with van der Waals surface area (Å²) in [5.74, 6) is 0. The lowest BCUT2D eigenvalue weighted by molar-refractivity contribution is 0.683. The maximum Gasteiger partial charge on any atom is 0.0774 e. The summed E-state index contributed by atoms with van der Waals surface area (Å²) in [6.45, 7) is 0.704. The van der Waals surface area contributed by atoms with Crippen LogP contribution >= 0.6 is 0 Å². The van der Waals surface area contributed by atoms with Gasteiger partial charge in [-0.05, 0) is 0 Å². The Morgan fingerprint density at radius 3 is 2.79 bits per heavy atom. The van der Waals surface area contributed by atoms with E-state index in [4.69, 9.17) is 0 Å². The van der Waals surface area contributed by atoms with Crippen LogP contribution in [0.15, 0.2) is 18.6 Å². The fourth-order valence-electron chi connectivity index (χ4n) is 1.18. The van der Waals surface area contributed by atoms with Gasteiger partial charge < -0.3 is 5.32 Å². The van der Waals surface area contributed by atoms with Gasteiger partial charge >= 0.3 is 0 Å². The van der Waals surface area contributed by atoms with Gasteiger partial charge in [0, 0.05) is 20.3 Å². The Balaban J connectivity index is 1.98. The van der Waals surface area contributed by atoms with Crippen LogP contribution in [0.25, 0.3) is 0 Å². The van der Waals surface area contributed by atoms with Crippen molar-refractivity contribution >= 4 is 5.69 Å². The minimum absolute atomic E-state index is 0.704. The second-order valence-corrected chi connectivity index (χ2v) is 3.11. The molecule has 0 amide bonds. The first-order chi connectivity index (χ1) is 6.75. The Labute approximate surface area is 81.5 Å². The van der Waals surface area contributed by atoms with Crippen LogP contribution in [0.2, 0.25) is 0 Å². The van der Waals surface area contributed by atoms with Gasteiger partial charge in [0.2, 0.25) is 0 Å². The van der Waals surface area contributed by atoms with E-state index in [-0.39, 0.29) is 0 Å². The van der Waals surface area contributed by atoms with Crippen LogP contribution in [0.1, 0.15) is 5.69 Å². The highest BCUT2D eigenvalue weighted by molar-refractivity contribution is 5.38. The van der Waals surface area contributed by atoms with E-state index < -0.39 is 0 Å². The first-order valence-corrected chi connectivity index (χ1v) is 4.32. The van der Waals surface area contributed by atoms with Gasteiger partial charge in [-0.15, -0.1) is 5.10 Å². The lowest BCUT2D eigenvalue weighted by atomic mass is 10.4. The van der Waals surface area contributed by atoms with Crippen molar-refractivity contribution in [3.05, 3.63) is 24.3 Å². The van der Waals surface area contributed by atoms with Gasteiger partial charge in [0.15, 0.2) is 0 Å². The Morgan fingerprint density at radius 2 is 2.21 bits per heavy atom. The molecule has 1 N–H and O–H groups in total. The molecule has 0 saturated carbocycles. The SMILES string of the molecule is Cn1cc(NCc2cnnn2C)cn1. The van der Waals surface area contributed by atoms with Crippen LogP contribution in [0, 0.1) is 0 Å². The van der Waals surface area contributed by atoms with Crippen molar-refractivity contribution < 1.29 is 0 Å². The fraction of sp³-hybridized carbons (Fsp3) is 0.375. The summed E-state index contributed by atoms with van der Waals surface area (Å²) in [5, 5.41) is 14.9. The Bertz CT molecular complexity index is 415. The van der Waals surface area contributed by atoms with Crippen LogP contribution in [0.5, 0.6) is 0 Å². The second kappa shape index (κ2) is 3.49. The van der Waals surface area contributed by atoms with Gasteiger partial charge in [-0.3, -0.25) is 9.36 Å². The molecule has 0 radical (unpaired) electrons. The number of nitrogens with zero attached hydrogens (tertiary/aromatic N) is 5. The molecule has 0 spiro atoms. The van der Waals surface area contributed by atoms with Crippen molar-refractivity contribution in [2.24, 2.45) is 14.1 Å². The summed E-state index contributed by atoms with van der Waals surface area (Å²) in [6.07, 6.45) is 5.44. The molecule has 0 atom stereocenters. The third-order valence-corrected chi connectivity index (χ3v) is 1.99. The molecule has 2 aromatic heterocycles. The topological polar surface area (TPSA) is 60.6 Å². The Morgan fingerprint density at radius 1 is 1.36 bits per heavy atom. The predicted molar refractivity (Wildman–Crippen MR) is 51.5 cm³/mol. The number of aryl methyl sites for hydroxylation is 2. The molecule has 74 valence electrons. The van der Waals surface area contributed by atoms with Crippen molar-refractivity contribution in [3.63, 3.8) is 0 Å². The van der Waals surface area contributed by atoms with Crippen molar-refractivity contribution in [2.45, 2.75) is 6.54 Å². The molecular formula is C8H12N6. The molecule has 6 heteroatoms. The maximum absolute atomic E-state index is 4.06. The molecule has 0 aromatic carbocycles. The fourth-order valence-corrected chi connectivity index (χ4v) is 1.18. The zero-order valence-corrected chi connectivity index (χ0v) is 8.18. The summed E-state index contributed by atoms with van der Waals surface area (Å²) < 4.78 is 3.49. The predicted octanol–water partition coefficient (Wildman–Crippen LogP) is 0.161. The van der Waals surface area contributed by atoms with Crippen molar-refractivity contribution in [2.75, 3.05) is 5.32 Å². The minimum Gasteiger partial charge on any atom is -0.377 e. The Hall–Kier alpha value is -1.85. The second-order valence-electron chi connectivity index (χ2n) is 3.11. The average molecular weight is 192 g/mol. The molecule has 2 heterocycles. The van der Waals surface area contributed by atoms with Gasteiger partial charge in [-0.25, -0.2) is 0 Å². The molecular weight excluding hydrogens is 180 g/mol. The van der Waals surface area contributed by atoms with Gasteiger partial charge in [0.25, 0.3) is 0 Å². The summed E-state index contributed by atoms with van der Waals surface area (Å²) in [4.78, 5) is 0. The van der Waals surface area contributed by atoms with E-state index >= 15 is 0 Å². The molecule has 2 aromatic rings. The number of hydrogen-bond donors (Lipinski definition) is 1. The average Bonchev–Trinajstić information content (AvgIpc) is 2.72. The van der Waals surface area contributed by atoms with Gasteiger partial charge in [-0.2, -0.15) is 5.10 Å². The standard InChI is InChI=1S/C8H12N6/c1-13-6-7(3-11-13)9-4-8-5-10-12-14(8)2/h3,5-6,9H,4H2,1-2H3. The molecule has 0 fully saturated rings. The molecule has 0 aliphatic heterocycles. The van der Waals surface area contributed by atoms with Crippen LogP contribution in [0.4, 0.5) is 5.69 Å². The molecule has 0 aliphatic carbocycles. The van der Waals surface area contributed by atoms with Crippen LogP contribution in [-0.4, -0.2) is 24.8 Å². The van der Waals surface area contributed by atoms with Gasteiger partial charge in [0.05, 0.1) is 30.3 Å². The first-order valence-electron chi connectivity index (χ1n) is 4.32. The zero-order chi connectivity index (χ0) is 9.97. The number of nitrogens with one attached hydrogen (secondary N) is 1. The number of anilines is 1. The highest BCUT2D eigenvalue weighted by atomic mass is 15.4. The minimum atomic E-state index is 0.704. The smallest absolute Gasteiger partial charge is 0.0774 e. The molecule has 2 rings (SSSR count). The highest BCUT2D eigenvalue weighted by Gasteiger charge is 2.00. The van der Waals surface area contributed by atoms with Crippen LogP contribution in [0.3, 0.4) is 0 Å². The van der Waals surface area contributed by atoms with E-state index in [9.17, 15) is 0 Å². The molecule has 0 bridgehead atoms. The zero-order valence-electron chi connectivity index (χ0n) is 8.18. The summed E-state index contributed by atoms with van der Waals surface area (Å²) in [5.41, 5.74) is 2.03. The normalized spacial score (nSPS) is 10.4. The van der Waals surface area contributed by atoms with Crippen molar-refractivity contribution in [1.29, 1.82) is 0 Å². The van der Waals surface area contributed by atoms with E-state index in [1.807, 2.05) is 20.3 Å². The monoisotopic (exact) mass is 192 g/mol. The van der Waals surface area contributed by atoms with Crippen LogP contribution in [-0.2, 0) is 20.6 Å². The molecule has 6 nitrogen and oxygen atoms in total. The maximum atomic E-state index is 4.06. The summed E-state index contributed by atoms with van der Waals surface area (Å²) in [6, 6.07) is 0. The third-order valence-electron chi connectivity index (χ3n) is 1.99. The number of aromatic nitrogens is 5. The summed E-state index contributed by atoms with van der Waals surface area (Å²) in [7, 11) is 3.75. The van der Waals surface area contributed by atoms with Gasteiger partial charge in [-0.1, -0.05) is 5.21 Å². The quantitative estimate of drug-likeness (QED) is 0.752. The highest BCUT2D eigenvalue weighted by Crippen LogP contribution is 2.05. The van der Waals surface area contributed by atoms with Crippen molar-refractivity contribution in [3.8, 4) is 0 Å². The summed E-state index contributed by atoms with van der Waals surface area (Å²) >= 11 is 0. The Kier molecular flexibility index (Phi) is 2.18. The lowest BCUT2D eigenvalue weighted by Gasteiger charge is -2.01. The molecule has 0 saturated heterocycles. The molecule has 14 heavy (non-hydrogen) atoms. The van der Waals surface area contributed by atoms with Crippen LogP contribution < -0.4 is 5.32 Å². The number of rotatable bonds is 3. The van der Waals surface area contributed by atoms with E-state index in [1.54, 1.807) is 21.8 Å². The first kappa shape index (κ1) is 8.74. The van der Waals surface area contributed by atoms with Gasteiger partial charge in [0.1, 0.15) is 0 Å². The van der Waals surface area contributed by atoms with E-state index in [0.717, 1.165) is 11.4 Å². The number of hydrogen-bond acceptors (Lipinski definition) is 4.